The molecule has 3 heteroatoms. The molecule has 0 heterocycles. The number of aryl methyl sites for hydroxylation is 1. The maximum atomic E-state index is 11.2. The summed E-state index contributed by atoms with van der Waals surface area (Å²) in [6.45, 7) is 2.28. The standard InChI is InChI=1S/C22H36ClNO/c1-2-3-4-5-6-7-8-9-10-11-12-13-14-20-15-17-21(18-16-20)24-22(25)19-23/h15-18H,2-14,19H2,1H3,(H,24,25). The van der Waals surface area contributed by atoms with Crippen molar-refractivity contribution in [3.63, 3.8) is 0 Å². The molecule has 0 radical (unpaired) electrons. The van der Waals surface area contributed by atoms with Crippen LogP contribution in [0.5, 0.6) is 0 Å². The molecule has 0 fully saturated rings. The number of benzene rings is 1. The second-order valence-electron chi connectivity index (χ2n) is 7.02. The van der Waals surface area contributed by atoms with E-state index in [0.717, 1.165) is 12.1 Å². The third-order valence-electron chi connectivity index (χ3n) is 4.68. The Morgan fingerprint density at radius 2 is 1.28 bits per heavy atom. The molecule has 0 unspecified atom stereocenters. The van der Waals surface area contributed by atoms with Crippen LogP contribution in [0.2, 0.25) is 0 Å². The maximum absolute atomic E-state index is 11.2. The Kier molecular flexibility index (Phi) is 13.4. The number of carbonyl (C=O) groups is 1. The highest BCUT2D eigenvalue weighted by molar-refractivity contribution is 6.29. The zero-order valence-electron chi connectivity index (χ0n) is 16.0. The van der Waals surface area contributed by atoms with Crippen molar-refractivity contribution in [2.75, 3.05) is 11.2 Å². The van der Waals surface area contributed by atoms with E-state index in [-0.39, 0.29) is 11.8 Å². The van der Waals surface area contributed by atoms with E-state index < -0.39 is 0 Å². The number of rotatable bonds is 15. The molecule has 0 aliphatic rings. The van der Waals surface area contributed by atoms with Crippen LogP contribution in [-0.4, -0.2) is 11.8 Å². The minimum absolute atomic E-state index is 0.000604. The van der Waals surface area contributed by atoms with E-state index in [1.54, 1.807) is 0 Å². The summed E-state index contributed by atoms with van der Waals surface area (Å²) in [4.78, 5) is 11.2. The molecule has 2 nitrogen and oxygen atoms in total. The first kappa shape index (κ1) is 22.0. The fraction of sp³-hybridized carbons (Fsp3) is 0.682. The Balaban J connectivity index is 1.95. The second kappa shape index (κ2) is 15.3. The third-order valence-corrected chi connectivity index (χ3v) is 4.92. The summed E-state index contributed by atoms with van der Waals surface area (Å²) in [7, 11) is 0. The van der Waals surface area contributed by atoms with Gasteiger partial charge in [0.2, 0.25) is 5.91 Å². The van der Waals surface area contributed by atoms with Crippen LogP contribution in [0.15, 0.2) is 24.3 Å². The molecule has 0 saturated carbocycles. The van der Waals surface area contributed by atoms with Crippen molar-refractivity contribution >= 4 is 23.2 Å². The van der Waals surface area contributed by atoms with Gasteiger partial charge in [-0.05, 0) is 30.5 Å². The van der Waals surface area contributed by atoms with Crippen molar-refractivity contribution < 1.29 is 4.79 Å². The molecule has 1 amide bonds. The molecule has 0 spiro atoms. The molecule has 1 aromatic carbocycles. The highest BCUT2D eigenvalue weighted by Gasteiger charge is 2.00. The van der Waals surface area contributed by atoms with Crippen molar-refractivity contribution in [3.05, 3.63) is 29.8 Å². The zero-order chi connectivity index (χ0) is 18.2. The van der Waals surface area contributed by atoms with Gasteiger partial charge in [-0.2, -0.15) is 0 Å². The van der Waals surface area contributed by atoms with Gasteiger partial charge >= 0.3 is 0 Å². The van der Waals surface area contributed by atoms with E-state index in [1.165, 1.54) is 82.6 Å². The lowest BCUT2D eigenvalue weighted by molar-refractivity contribution is -0.113. The number of hydrogen-bond donors (Lipinski definition) is 1. The van der Waals surface area contributed by atoms with Gasteiger partial charge in [-0.1, -0.05) is 89.7 Å². The third kappa shape index (κ3) is 12.0. The molecular formula is C22H36ClNO. The van der Waals surface area contributed by atoms with Crippen LogP contribution in [0.4, 0.5) is 5.69 Å². The molecule has 0 bridgehead atoms. The van der Waals surface area contributed by atoms with E-state index in [0.29, 0.717) is 0 Å². The van der Waals surface area contributed by atoms with Gasteiger partial charge < -0.3 is 5.32 Å². The van der Waals surface area contributed by atoms with Gasteiger partial charge in [0.05, 0.1) is 0 Å². The lowest BCUT2D eigenvalue weighted by atomic mass is 10.0. The predicted octanol–water partition coefficient (Wildman–Crippen LogP) is 7.11. The molecule has 1 N–H and O–H groups in total. The van der Waals surface area contributed by atoms with E-state index in [2.05, 4.69) is 24.4 Å². The quantitative estimate of drug-likeness (QED) is 0.260. The van der Waals surface area contributed by atoms with Gasteiger partial charge in [-0.3, -0.25) is 4.79 Å². The van der Waals surface area contributed by atoms with E-state index >= 15 is 0 Å². The monoisotopic (exact) mass is 365 g/mol. The first-order valence-corrected chi connectivity index (χ1v) is 10.7. The number of hydrogen-bond acceptors (Lipinski definition) is 1. The Hall–Kier alpha value is -1.02. The number of amides is 1. The van der Waals surface area contributed by atoms with E-state index in [4.69, 9.17) is 11.6 Å². The number of nitrogens with one attached hydrogen (secondary N) is 1. The normalized spacial score (nSPS) is 10.8. The van der Waals surface area contributed by atoms with Gasteiger partial charge in [0.25, 0.3) is 0 Å². The van der Waals surface area contributed by atoms with Crippen molar-refractivity contribution in [2.24, 2.45) is 0 Å². The van der Waals surface area contributed by atoms with Crippen molar-refractivity contribution in [1.29, 1.82) is 0 Å². The Morgan fingerprint density at radius 3 is 1.76 bits per heavy atom. The molecule has 142 valence electrons. The molecule has 0 atom stereocenters. The topological polar surface area (TPSA) is 29.1 Å². The van der Waals surface area contributed by atoms with Gasteiger partial charge in [-0.15, -0.1) is 11.6 Å². The average Bonchev–Trinajstić information content (AvgIpc) is 2.64. The zero-order valence-corrected chi connectivity index (χ0v) is 16.8. The highest BCUT2D eigenvalue weighted by atomic mass is 35.5. The van der Waals surface area contributed by atoms with Gasteiger partial charge in [0.15, 0.2) is 0 Å². The molecule has 0 saturated heterocycles. The molecule has 0 aliphatic heterocycles. The SMILES string of the molecule is CCCCCCCCCCCCCCc1ccc(NC(=O)CCl)cc1. The van der Waals surface area contributed by atoms with Crippen LogP contribution in [-0.2, 0) is 11.2 Å². The van der Waals surface area contributed by atoms with Crippen LogP contribution in [0.25, 0.3) is 0 Å². The van der Waals surface area contributed by atoms with Crippen molar-refractivity contribution in [3.8, 4) is 0 Å². The number of alkyl halides is 1. The number of carbonyl (C=O) groups excluding carboxylic acids is 1. The van der Waals surface area contributed by atoms with Crippen LogP contribution >= 0.6 is 11.6 Å². The molecule has 1 aromatic rings. The lowest BCUT2D eigenvalue weighted by Crippen LogP contribution is -2.12. The summed E-state index contributed by atoms with van der Waals surface area (Å²) in [5, 5.41) is 2.76. The first-order chi connectivity index (χ1) is 12.3. The lowest BCUT2D eigenvalue weighted by Gasteiger charge is -2.06. The Labute approximate surface area is 159 Å². The molecule has 0 aromatic heterocycles. The minimum atomic E-state index is -0.157. The summed E-state index contributed by atoms with van der Waals surface area (Å²) in [5.41, 5.74) is 2.17. The smallest absolute Gasteiger partial charge is 0.239 e. The van der Waals surface area contributed by atoms with Gasteiger partial charge in [0.1, 0.15) is 5.88 Å². The van der Waals surface area contributed by atoms with Crippen LogP contribution < -0.4 is 5.32 Å². The minimum Gasteiger partial charge on any atom is -0.325 e. The highest BCUT2D eigenvalue weighted by Crippen LogP contribution is 2.15. The summed E-state index contributed by atoms with van der Waals surface area (Å²) in [5.74, 6) is -0.156. The fourth-order valence-electron chi connectivity index (χ4n) is 3.12. The summed E-state index contributed by atoms with van der Waals surface area (Å²) < 4.78 is 0. The van der Waals surface area contributed by atoms with Gasteiger partial charge in [0, 0.05) is 5.69 Å². The maximum Gasteiger partial charge on any atom is 0.239 e. The number of anilines is 1. The summed E-state index contributed by atoms with van der Waals surface area (Å²) >= 11 is 5.48. The Bertz CT molecular complexity index is 444. The molecule has 1 rings (SSSR count). The number of unbranched alkanes of at least 4 members (excludes halogenated alkanes) is 11. The van der Waals surface area contributed by atoms with Gasteiger partial charge in [-0.25, -0.2) is 0 Å². The molecule has 25 heavy (non-hydrogen) atoms. The van der Waals surface area contributed by atoms with E-state index in [9.17, 15) is 4.79 Å². The summed E-state index contributed by atoms with van der Waals surface area (Å²) in [6, 6.07) is 8.12. The fourth-order valence-corrected chi connectivity index (χ4v) is 3.19. The number of halogens is 1. The van der Waals surface area contributed by atoms with Crippen LogP contribution in [0.1, 0.15) is 89.5 Å². The largest absolute Gasteiger partial charge is 0.325 e. The predicted molar refractivity (Wildman–Crippen MR) is 111 cm³/mol. The average molecular weight is 366 g/mol. The Morgan fingerprint density at radius 1 is 0.800 bits per heavy atom. The van der Waals surface area contributed by atoms with E-state index in [1.807, 2.05) is 12.1 Å². The summed E-state index contributed by atoms with van der Waals surface area (Å²) in [6.07, 6.45) is 17.7. The van der Waals surface area contributed by atoms with Crippen LogP contribution in [0, 0.1) is 0 Å². The second-order valence-corrected chi connectivity index (χ2v) is 7.29. The van der Waals surface area contributed by atoms with Crippen LogP contribution in [0.3, 0.4) is 0 Å². The van der Waals surface area contributed by atoms with Crippen molar-refractivity contribution in [1.82, 2.24) is 0 Å². The first-order valence-electron chi connectivity index (χ1n) is 10.2. The molecule has 0 aliphatic carbocycles. The van der Waals surface area contributed by atoms with Crippen molar-refractivity contribution in [2.45, 2.75) is 90.4 Å². The molecular weight excluding hydrogens is 330 g/mol.